The van der Waals surface area contributed by atoms with Crippen LogP contribution in [-0.4, -0.2) is 121 Å². The van der Waals surface area contributed by atoms with Gasteiger partial charge in [0.1, 0.15) is 22.7 Å². The van der Waals surface area contributed by atoms with Crippen molar-refractivity contribution in [3.63, 3.8) is 0 Å². The standard InChI is InChI=1S/C35H39N15O2.C31H29ClN14.C4H11NO2.4ClH/c1-46-17-18-47(2)34(46)44-42-29-13-9-26(10-14-29)36-25-5-7-27(8-6-25)37-31-39-32(41-33(40-31)50(21-23-51)22-24-52)38-28-11-15-30(16-12-28)43-45-35-48(3)19-20-49(35)4;1-43-17-18-44(2)30(43)41-39-25-13-9-22(10-14-25)33-21-5-7-23(8-6-21)34-28-36-27(32)37-29(38-28)35-24-11-15-26(16-12-24)40-42-31-45(3)19-20-46(31)4;6-3-1-5-2-4-7;;;;/h5-20,51-52H,21-24H2,1-4H3,(H,37,39,40,41,42);5-20H,1-4H3,(H,34,36,37,38,39);5-7H,1-4H2;4*1H. The molecule has 0 atom stereocenters. The first-order chi connectivity index (χ1) is 51.0. The third-order valence-corrected chi connectivity index (χ3v) is 15.4. The van der Waals surface area contributed by atoms with Crippen LogP contribution in [0.5, 0.6) is 0 Å². The molecule has 0 aliphatic carbocycles. The molecule has 0 radical (unpaired) electrons. The fourth-order valence-electron chi connectivity index (χ4n) is 9.79. The van der Waals surface area contributed by atoms with Crippen LogP contribution in [0.2, 0.25) is 5.28 Å². The average Bonchev–Trinajstić information content (AvgIpc) is 1.33. The monoisotopic (exact) mass is 1580 g/mol. The number of halogens is 5. The Labute approximate surface area is 658 Å². The van der Waals surface area contributed by atoms with E-state index < -0.39 is 0 Å². The van der Waals surface area contributed by atoms with E-state index in [-0.39, 0.29) is 106 Å². The molecule has 12 aromatic rings. The number of hydrogen-bond acceptors (Lipinski definition) is 26. The molecule has 12 rings (SSSR count). The summed E-state index contributed by atoms with van der Waals surface area (Å²) in [5.41, 5.74) is 9.50. The van der Waals surface area contributed by atoms with Gasteiger partial charge in [-0.15, -0.1) is 0 Å². The Morgan fingerprint density at radius 2 is 0.560 bits per heavy atom. The summed E-state index contributed by atoms with van der Waals surface area (Å²) in [6.45, 7) is 1.61. The maximum Gasteiger partial charge on any atom is 0.421 e. The van der Waals surface area contributed by atoms with Gasteiger partial charge in [0, 0.05) is 92.1 Å². The molecule has 0 aliphatic heterocycles. The van der Waals surface area contributed by atoms with Crippen molar-refractivity contribution in [1.82, 2.24) is 53.5 Å². The molecule has 0 aliphatic rings. The Morgan fingerprint density at radius 1 is 0.330 bits per heavy atom. The van der Waals surface area contributed by atoms with E-state index in [0.29, 0.717) is 48.3 Å². The minimum atomic E-state index is -0.137. The summed E-state index contributed by atoms with van der Waals surface area (Å²) < 4.78 is 15.2. The number of aliphatic hydroxyl groups excluding tert-OH is 4. The van der Waals surface area contributed by atoms with Crippen LogP contribution in [-0.2, 0) is 56.4 Å². The number of rotatable bonds is 29. The zero-order valence-corrected chi connectivity index (χ0v) is 64.4. The molecule has 0 saturated heterocycles. The maximum atomic E-state index is 9.66. The number of hydrogen-bond donors (Lipinski definition) is 11. The van der Waals surface area contributed by atoms with Crippen molar-refractivity contribution in [3.8, 4) is 0 Å². The summed E-state index contributed by atoms with van der Waals surface area (Å²) in [4.78, 5) is 28.3. The summed E-state index contributed by atoms with van der Waals surface area (Å²) in [6, 6.07) is 45.6. The van der Waals surface area contributed by atoms with E-state index in [1.165, 1.54) is 0 Å². The van der Waals surface area contributed by atoms with Crippen molar-refractivity contribution in [2.75, 3.05) is 89.4 Å². The highest BCUT2D eigenvalue weighted by Crippen LogP contribution is 2.29. The van der Waals surface area contributed by atoms with Gasteiger partial charge in [-0.05, 0) is 157 Å². The molecule has 109 heavy (non-hydrogen) atoms. The molecule has 39 heteroatoms. The van der Waals surface area contributed by atoms with Crippen molar-refractivity contribution in [3.05, 3.63) is 200 Å². The highest BCUT2D eigenvalue weighted by Gasteiger charge is 2.18. The summed E-state index contributed by atoms with van der Waals surface area (Å²) in [5, 5.41) is 92.7. The number of imidazole rings is 4. The fraction of sp³-hybridized carbons (Fsp3) is 0.229. The Morgan fingerprint density at radius 3 is 0.780 bits per heavy atom. The molecule has 0 amide bonds. The van der Waals surface area contributed by atoms with Crippen LogP contribution in [0, 0.1) is 0 Å². The second-order valence-electron chi connectivity index (χ2n) is 23.3. The van der Waals surface area contributed by atoms with Gasteiger partial charge in [-0.1, -0.05) is 20.5 Å². The number of anilines is 13. The van der Waals surface area contributed by atoms with Gasteiger partial charge in [0.25, 0.3) is 0 Å². The van der Waals surface area contributed by atoms with Crippen molar-refractivity contribution >= 4 is 133 Å². The van der Waals surface area contributed by atoms with Gasteiger partial charge in [-0.2, -0.15) is 29.9 Å². The van der Waals surface area contributed by atoms with Gasteiger partial charge < -0.3 is 112 Å². The molecule has 0 spiro atoms. The molecule has 0 unspecified atom stereocenters. The fourth-order valence-corrected chi connectivity index (χ4v) is 9.95. The number of aromatic nitrogens is 14. The molecule has 34 nitrogen and oxygen atoms in total. The minimum Gasteiger partial charge on any atom is -1.00 e. The minimum absolute atomic E-state index is 0. The van der Waals surface area contributed by atoms with E-state index in [1.807, 2.05) is 288 Å². The van der Waals surface area contributed by atoms with E-state index in [2.05, 4.69) is 108 Å². The lowest BCUT2D eigenvalue weighted by Crippen LogP contribution is -3.00. The van der Waals surface area contributed by atoms with E-state index in [9.17, 15) is 10.2 Å². The van der Waals surface area contributed by atoms with Gasteiger partial charge in [0.05, 0.1) is 132 Å². The number of nitrogens with zero attached hydrogens (tertiary/aromatic N) is 23. The number of nitrogens with one attached hydrogen (secondary N) is 7. The average molecular weight is 1590 g/mol. The lowest BCUT2D eigenvalue weighted by Gasteiger charge is -2.21. The SMILES string of the molecule is Cn1cc[n+](C)c1N=Nc1ccc(Nc2ccc(Nc3nc(Cl)nc(Nc4ccc(N=Nc5n(C)cc[n+]5C)cc4)n3)cc2)cc1.Cn1cc[n+](C)c1N=Nc1ccc(Nc2ccc(Nc3nc(Nc4ccc(N=Nc5n(C)cc[n+]5C)cc4)nc(N(CCO)CCO)n3)cc2)cc1.OCCNCCO.[Cl-].[Cl-].[Cl-].[Cl-]. The van der Waals surface area contributed by atoms with Gasteiger partial charge in [-0.3, -0.25) is 0 Å². The predicted molar refractivity (Wildman–Crippen MR) is 399 cm³/mol. The molecule has 11 N–H and O–H groups in total. The molecule has 0 saturated carbocycles. The van der Waals surface area contributed by atoms with E-state index in [4.69, 9.17) is 21.8 Å². The normalized spacial score (nSPS) is 10.9. The molecule has 572 valence electrons. The number of aryl methyl sites for hydroxylation is 8. The van der Waals surface area contributed by atoms with Crippen LogP contribution in [0.4, 0.5) is 122 Å². The molecule has 6 heterocycles. The maximum absolute atomic E-state index is 9.66. The topological polar surface area (TPSA) is 380 Å². The Bertz CT molecular complexity index is 4800. The summed E-state index contributed by atoms with van der Waals surface area (Å²) >= 11 is 6.21. The van der Waals surface area contributed by atoms with Crippen molar-refractivity contribution in [2.24, 2.45) is 97.3 Å². The van der Waals surface area contributed by atoms with Gasteiger partial charge >= 0.3 is 23.8 Å². The van der Waals surface area contributed by atoms with Crippen LogP contribution in [0.3, 0.4) is 0 Å². The summed E-state index contributed by atoms with van der Waals surface area (Å²) in [7, 11) is 15.4. The molecule has 0 bridgehead atoms. The van der Waals surface area contributed by atoms with Crippen LogP contribution in [0.1, 0.15) is 0 Å². The Kier molecular flexibility index (Phi) is 34.3. The number of azo groups is 4. The van der Waals surface area contributed by atoms with Crippen LogP contribution in [0.15, 0.2) is 236 Å². The van der Waals surface area contributed by atoms with Gasteiger partial charge in [0.15, 0.2) is 0 Å². The first-order valence-electron chi connectivity index (χ1n) is 33.0. The highest BCUT2D eigenvalue weighted by molar-refractivity contribution is 6.28. The molecular weight excluding hydrogens is 1500 g/mol. The van der Waals surface area contributed by atoms with Crippen molar-refractivity contribution < 1.29 is 88.3 Å². The number of aliphatic hydroxyl groups is 4. The van der Waals surface area contributed by atoms with Crippen LogP contribution in [0.25, 0.3) is 0 Å². The second-order valence-corrected chi connectivity index (χ2v) is 23.7. The Hall–Kier alpha value is -11.6. The molecule has 0 fully saturated rings. The third kappa shape index (κ3) is 25.8. The number of benzene rings is 6. The first kappa shape index (κ1) is 86.4. The quantitative estimate of drug-likeness (QED) is 0.0145. The van der Waals surface area contributed by atoms with E-state index in [0.717, 1.165) is 74.7 Å². The van der Waals surface area contributed by atoms with Crippen molar-refractivity contribution in [2.45, 2.75) is 0 Å². The molecule has 6 aromatic carbocycles. The largest absolute Gasteiger partial charge is 1.00 e. The smallest absolute Gasteiger partial charge is 0.421 e. The van der Waals surface area contributed by atoms with Crippen LogP contribution < -0.4 is 110 Å². The third-order valence-electron chi connectivity index (χ3n) is 15.3. The predicted octanol–water partition coefficient (Wildman–Crippen LogP) is -1.46. The van der Waals surface area contributed by atoms with E-state index >= 15 is 0 Å². The van der Waals surface area contributed by atoms with Gasteiger partial charge in [-0.25, -0.2) is 36.5 Å². The summed E-state index contributed by atoms with van der Waals surface area (Å²) in [6.07, 6.45) is 15.4. The first-order valence-corrected chi connectivity index (χ1v) is 33.4. The van der Waals surface area contributed by atoms with Crippen LogP contribution >= 0.6 is 11.6 Å². The zero-order valence-electron chi connectivity index (χ0n) is 60.6. The Balaban J connectivity index is 0.000000304. The van der Waals surface area contributed by atoms with E-state index in [1.54, 1.807) is 4.90 Å². The lowest BCUT2D eigenvalue weighted by atomic mass is 10.2. The molecule has 6 aromatic heterocycles. The highest BCUT2D eigenvalue weighted by atomic mass is 35.5. The lowest BCUT2D eigenvalue weighted by molar-refractivity contribution is -0.657. The van der Waals surface area contributed by atoms with Gasteiger partial charge in [0.2, 0.25) is 35.0 Å². The second kappa shape index (κ2) is 43.3. The summed E-state index contributed by atoms with van der Waals surface area (Å²) in [5.74, 6) is 4.39. The molecular formula is C70H83Cl5N30O4. The zero-order chi connectivity index (χ0) is 74.0. The van der Waals surface area contributed by atoms with Crippen molar-refractivity contribution in [1.29, 1.82) is 0 Å².